The van der Waals surface area contributed by atoms with Gasteiger partial charge in [0.25, 0.3) is 0 Å². The summed E-state index contributed by atoms with van der Waals surface area (Å²) in [7, 11) is 0. The molecule has 1 saturated heterocycles. The molecule has 0 amide bonds. The molecule has 1 atom stereocenters. The Balaban J connectivity index is 1.60. The number of nitrogens with zero attached hydrogens (tertiary/aromatic N) is 3. The molecule has 1 aromatic carbocycles. The van der Waals surface area contributed by atoms with Crippen molar-refractivity contribution in [1.29, 1.82) is 0 Å². The number of aromatic nitrogens is 3. The molecule has 6 heteroatoms. The predicted octanol–water partition coefficient (Wildman–Crippen LogP) is 4.67. The smallest absolute Gasteiger partial charge is 0.180 e. The zero-order chi connectivity index (χ0) is 15.6. The second kappa shape index (κ2) is 6.53. The van der Waals surface area contributed by atoms with Crippen molar-refractivity contribution >= 4 is 39.2 Å². The number of nitrogens with one attached hydrogen (secondary N) is 1. The number of thioether (sulfide) groups is 1. The van der Waals surface area contributed by atoms with Crippen LogP contribution in [0.3, 0.4) is 0 Å². The number of hydrogen-bond acceptors (Lipinski definition) is 4. The van der Waals surface area contributed by atoms with E-state index < -0.39 is 0 Å². The third-order valence-corrected chi connectivity index (χ3v) is 5.96. The molecule has 1 fully saturated rings. The van der Waals surface area contributed by atoms with Gasteiger partial charge in [-0.25, -0.2) is 9.97 Å². The molecule has 1 aliphatic heterocycles. The maximum atomic E-state index is 4.61. The Morgan fingerprint density at radius 2 is 2.30 bits per heavy atom. The highest BCUT2D eigenvalue weighted by Crippen LogP contribution is 2.40. The molecule has 0 bridgehead atoms. The van der Waals surface area contributed by atoms with E-state index in [1.165, 1.54) is 29.9 Å². The maximum Gasteiger partial charge on any atom is 0.180 e. The van der Waals surface area contributed by atoms with Crippen LogP contribution in [0.25, 0.3) is 5.65 Å². The van der Waals surface area contributed by atoms with Crippen LogP contribution >= 0.6 is 27.7 Å². The van der Waals surface area contributed by atoms with E-state index in [0.29, 0.717) is 5.25 Å². The van der Waals surface area contributed by atoms with E-state index in [-0.39, 0.29) is 0 Å². The van der Waals surface area contributed by atoms with Crippen LogP contribution in [0.1, 0.15) is 29.3 Å². The van der Waals surface area contributed by atoms with Crippen LogP contribution in [-0.2, 0) is 6.54 Å². The average molecular weight is 389 g/mol. The van der Waals surface area contributed by atoms with Crippen molar-refractivity contribution in [1.82, 2.24) is 14.4 Å². The van der Waals surface area contributed by atoms with Gasteiger partial charge >= 0.3 is 0 Å². The zero-order valence-electron chi connectivity index (χ0n) is 12.6. The third-order valence-electron chi connectivity index (χ3n) is 4.07. The first-order chi connectivity index (χ1) is 11.3. The monoisotopic (exact) mass is 388 g/mol. The van der Waals surface area contributed by atoms with Gasteiger partial charge in [-0.05, 0) is 36.3 Å². The van der Waals surface area contributed by atoms with E-state index in [9.17, 15) is 0 Å². The minimum atomic E-state index is 0.560. The van der Waals surface area contributed by atoms with Gasteiger partial charge in [0.05, 0.1) is 11.9 Å². The van der Waals surface area contributed by atoms with Gasteiger partial charge in [0.2, 0.25) is 0 Å². The second-order valence-electron chi connectivity index (χ2n) is 5.64. The molecule has 4 nitrogen and oxygen atoms in total. The van der Waals surface area contributed by atoms with Crippen LogP contribution in [0.2, 0.25) is 0 Å². The number of hydrogen-bond donors (Lipinski definition) is 1. The lowest BCUT2D eigenvalue weighted by Gasteiger charge is -2.10. The fourth-order valence-electron chi connectivity index (χ4n) is 2.94. The Kier molecular flexibility index (Phi) is 4.27. The number of halogens is 1. The molecule has 3 aromatic rings. The first-order valence-electron chi connectivity index (χ1n) is 7.73. The number of benzene rings is 1. The molecule has 1 N–H and O–H groups in total. The summed E-state index contributed by atoms with van der Waals surface area (Å²) in [6.45, 7) is 0.729. The summed E-state index contributed by atoms with van der Waals surface area (Å²) < 4.78 is 3.27. The highest BCUT2D eigenvalue weighted by Gasteiger charge is 2.21. The standard InChI is InChI=1S/C17H17BrN4S/c18-13-4-1-3-12(9-13)10-20-16-17-21-11-14(15-5-2-8-23-15)22(17)7-6-19-16/h1,3-4,6-7,9,11,15H,2,5,8,10H2,(H,19,20)/t15-/m0/s1. The molecule has 0 spiro atoms. The van der Waals surface area contributed by atoms with Crippen molar-refractivity contribution in [3.63, 3.8) is 0 Å². The summed E-state index contributed by atoms with van der Waals surface area (Å²) in [5.74, 6) is 2.08. The zero-order valence-corrected chi connectivity index (χ0v) is 15.0. The number of rotatable bonds is 4. The van der Waals surface area contributed by atoms with Crippen LogP contribution in [0.15, 0.2) is 47.3 Å². The van der Waals surface area contributed by atoms with E-state index in [1.807, 2.05) is 42.5 Å². The van der Waals surface area contributed by atoms with E-state index in [0.717, 1.165) is 22.5 Å². The Hall–Kier alpha value is -1.53. The fraction of sp³-hybridized carbons (Fsp3) is 0.294. The lowest BCUT2D eigenvalue weighted by atomic mass is 10.2. The van der Waals surface area contributed by atoms with Crippen molar-refractivity contribution in [3.05, 3.63) is 58.6 Å². The highest BCUT2D eigenvalue weighted by molar-refractivity contribution is 9.10. The summed E-state index contributed by atoms with van der Waals surface area (Å²) in [5, 5.41) is 3.97. The van der Waals surface area contributed by atoms with Gasteiger partial charge in [0, 0.05) is 28.7 Å². The molecule has 118 valence electrons. The van der Waals surface area contributed by atoms with Crippen LogP contribution in [-0.4, -0.2) is 20.1 Å². The fourth-order valence-corrected chi connectivity index (χ4v) is 4.69. The van der Waals surface area contributed by atoms with Crippen LogP contribution in [0, 0.1) is 0 Å². The highest BCUT2D eigenvalue weighted by atomic mass is 79.9. The van der Waals surface area contributed by atoms with Crippen molar-refractivity contribution in [3.8, 4) is 0 Å². The molecule has 0 radical (unpaired) electrons. The largest absolute Gasteiger partial charge is 0.363 e. The van der Waals surface area contributed by atoms with Crippen LogP contribution in [0.4, 0.5) is 5.82 Å². The molecular formula is C17H17BrN4S. The normalized spacial score (nSPS) is 17.7. The first-order valence-corrected chi connectivity index (χ1v) is 9.57. The number of fused-ring (bicyclic) bond motifs is 1. The molecule has 0 unspecified atom stereocenters. The van der Waals surface area contributed by atoms with Crippen molar-refractivity contribution in [2.45, 2.75) is 24.6 Å². The lowest BCUT2D eigenvalue weighted by molar-refractivity contribution is 0.798. The lowest BCUT2D eigenvalue weighted by Crippen LogP contribution is -2.04. The Morgan fingerprint density at radius 1 is 1.35 bits per heavy atom. The summed E-state index contributed by atoms with van der Waals surface area (Å²) in [4.78, 5) is 9.08. The summed E-state index contributed by atoms with van der Waals surface area (Å²) in [6, 6.07) is 8.28. The van der Waals surface area contributed by atoms with Gasteiger partial charge in [-0.2, -0.15) is 11.8 Å². The second-order valence-corrected chi connectivity index (χ2v) is 7.86. The quantitative estimate of drug-likeness (QED) is 0.704. The topological polar surface area (TPSA) is 42.2 Å². The Bertz CT molecular complexity index is 826. The summed E-state index contributed by atoms with van der Waals surface area (Å²) >= 11 is 5.53. The molecule has 0 aliphatic carbocycles. The van der Waals surface area contributed by atoms with Gasteiger partial charge in [0.15, 0.2) is 11.5 Å². The van der Waals surface area contributed by atoms with E-state index >= 15 is 0 Å². The van der Waals surface area contributed by atoms with E-state index in [1.54, 1.807) is 0 Å². The molecule has 4 rings (SSSR count). The average Bonchev–Trinajstić information content (AvgIpc) is 3.22. The Labute approximate surface area is 147 Å². The van der Waals surface area contributed by atoms with Gasteiger partial charge in [-0.15, -0.1) is 0 Å². The molecule has 1 aliphatic rings. The van der Waals surface area contributed by atoms with E-state index in [4.69, 9.17) is 0 Å². The third kappa shape index (κ3) is 3.10. The predicted molar refractivity (Wildman–Crippen MR) is 98.9 cm³/mol. The number of anilines is 1. The first kappa shape index (κ1) is 15.0. The van der Waals surface area contributed by atoms with Gasteiger partial charge < -0.3 is 5.32 Å². The number of imidazole rings is 1. The van der Waals surface area contributed by atoms with Gasteiger partial charge in [-0.3, -0.25) is 4.40 Å². The minimum absolute atomic E-state index is 0.560. The van der Waals surface area contributed by atoms with Gasteiger partial charge in [0.1, 0.15) is 0 Å². The van der Waals surface area contributed by atoms with Crippen molar-refractivity contribution < 1.29 is 0 Å². The van der Waals surface area contributed by atoms with Crippen molar-refractivity contribution in [2.75, 3.05) is 11.1 Å². The maximum absolute atomic E-state index is 4.61. The SMILES string of the molecule is Brc1cccc(CNc2nccn3c([C@@H]4CCCS4)cnc23)c1. The van der Waals surface area contributed by atoms with Crippen LogP contribution < -0.4 is 5.32 Å². The molecular weight excluding hydrogens is 372 g/mol. The Morgan fingerprint density at radius 3 is 3.13 bits per heavy atom. The van der Waals surface area contributed by atoms with Gasteiger partial charge in [-0.1, -0.05) is 28.1 Å². The summed E-state index contributed by atoms with van der Waals surface area (Å²) in [5.41, 5.74) is 3.40. The molecule has 23 heavy (non-hydrogen) atoms. The molecule has 0 saturated carbocycles. The van der Waals surface area contributed by atoms with E-state index in [2.05, 4.69) is 47.7 Å². The van der Waals surface area contributed by atoms with Crippen LogP contribution in [0.5, 0.6) is 0 Å². The molecule has 3 heterocycles. The van der Waals surface area contributed by atoms with Crippen molar-refractivity contribution in [2.24, 2.45) is 0 Å². The molecule has 2 aromatic heterocycles. The summed E-state index contributed by atoms with van der Waals surface area (Å²) in [6.07, 6.45) is 8.40. The minimum Gasteiger partial charge on any atom is -0.363 e.